The summed E-state index contributed by atoms with van der Waals surface area (Å²) in [5.74, 6) is -0.460. The van der Waals surface area contributed by atoms with Gasteiger partial charge in [-0.25, -0.2) is 5.09 Å². The van der Waals surface area contributed by atoms with Crippen molar-refractivity contribution >= 4 is 19.1 Å². The molecule has 0 fully saturated rings. The summed E-state index contributed by atoms with van der Waals surface area (Å²) in [7, 11) is -1.70. The number of carbonyl (C=O) groups excluding carboxylic acids is 1. The van der Waals surface area contributed by atoms with E-state index in [4.69, 9.17) is 9.47 Å². The van der Waals surface area contributed by atoms with Crippen LogP contribution in [0.4, 0.5) is 5.69 Å². The minimum atomic E-state index is -3.15. The summed E-state index contributed by atoms with van der Waals surface area (Å²) in [4.78, 5) is 15.7. The van der Waals surface area contributed by atoms with E-state index in [1.807, 2.05) is 0 Å². The molecule has 8 heteroatoms. The number of hydrogen-bond donors (Lipinski definition) is 2. The van der Waals surface area contributed by atoms with Crippen molar-refractivity contribution in [2.45, 2.75) is 32.9 Å². The van der Waals surface area contributed by atoms with E-state index in [9.17, 15) is 9.36 Å². The van der Waals surface area contributed by atoms with E-state index in [0.717, 1.165) is 0 Å². The summed E-state index contributed by atoms with van der Waals surface area (Å²) in [5, 5.41) is 5.64. The van der Waals surface area contributed by atoms with Gasteiger partial charge >= 0.3 is 5.97 Å². The van der Waals surface area contributed by atoms with Gasteiger partial charge in [0.25, 0.3) is 7.44 Å². The number of hydrogen-bond acceptors (Lipinski definition) is 5. The van der Waals surface area contributed by atoms with Crippen molar-refractivity contribution in [3.05, 3.63) is 24.5 Å². The van der Waals surface area contributed by atoms with E-state index in [1.165, 1.54) is 7.11 Å². The third-order valence-electron chi connectivity index (χ3n) is 2.41. The standard InChI is InChI=1S/C13H22N3O4P/c1-10(2)20-13(17)11(3)15-21(18,9-19-4)16-12-5-7-14-8-6-12/h5-8,10-11H,9H2,1-4H3,(H2,14,15,16,18)/t11-,21?/m1/s1. The van der Waals surface area contributed by atoms with E-state index in [1.54, 1.807) is 45.3 Å². The van der Waals surface area contributed by atoms with Crippen LogP contribution in [0.25, 0.3) is 0 Å². The average molecular weight is 315 g/mol. The molecule has 0 aliphatic rings. The van der Waals surface area contributed by atoms with Crippen LogP contribution in [0.5, 0.6) is 0 Å². The predicted octanol–water partition coefficient (Wildman–Crippen LogP) is 2.22. The van der Waals surface area contributed by atoms with Crippen LogP contribution in [0.3, 0.4) is 0 Å². The topological polar surface area (TPSA) is 89.5 Å². The fraction of sp³-hybridized carbons (Fsp3) is 0.538. The van der Waals surface area contributed by atoms with E-state index in [0.29, 0.717) is 5.69 Å². The van der Waals surface area contributed by atoms with Crippen LogP contribution < -0.4 is 10.2 Å². The molecule has 1 unspecified atom stereocenters. The molecular formula is C13H22N3O4P. The summed E-state index contributed by atoms with van der Waals surface area (Å²) >= 11 is 0. The number of esters is 1. The van der Waals surface area contributed by atoms with Crippen LogP contribution in [-0.2, 0) is 18.8 Å². The van der Waals surface area contributed by atoms with E-state index in [2.05, 4.69) is 15.2 Å². The SMILES string of the molecule is COCP(=O)(Nc1ccncc1)N[C@H](C)C(=O)OC(C)C. The zero-order valence-electron chi connectivity index (χ0n) is 12.7. The number of pyridine rings is 1. The third kappa shape index (κ3) is 6.25. The highest BCUT2D eigenvalue weighted by Crippen LogP contribution is 2.41. The summed E-state index contributed by atoms with van der Waals surface area (Å²) < 4.78 is 22.9. The van der Waals surface area contributed by atoms with Gasteiger partial charge in [-0.1, -0.05) is 0 Å². The molecule has 21 heavy (non-hydrogen) atoms. The van der Waals surface area contributed by atoms with Crippen LogP contribution in [0.1, 0.15) is 20.8 Å². The van der Waals surface area contributed by atoms with Gasteiger partial charge in [0, 0.05) is 25.2 Å². The van der Waals surface area contributed by atoms with Crippen molar-refractivity contribution < 1.29 is 18.8 Å². The minimum absolute atomic E-state index is 0.0609. The summed E-state index contributed by atoms with van der Waals surface area (Å²) in [6.45, 7) is 5.12. The lowest BCUT2D eigenvalue weighted by molar-refractivity contribution is -0.148. The molecule has 0 saturated heterocycles. The fourth-order valence-corrected chi connectivity index (χ4v) is 3.48. The van der Waals surface area contributed by atoms with Gasteiger partial charge in [0.05, 0.1) is 6.10 Å². The second-order valence-electron chi connectivity index (χ2n) is 4.84. The molecule has 1 aromatic heterocycles. The first-order chi connectivity index (χ1) is 9.86. The molecule has 1 rings (SSSR count). The Morgan fingerprint density at radius 1 is 1.33 bits per heavy atom. The number of carbonyl (C=O) groups is 1. The number of nitrogens with one attached hydrogen (secondary N) is 2. The lowest BCUT2D eigenvalue weighted by Crippen LogP contribution is -2.36. The Bertz CT molecular complexity index is 495. The van der Waals surface area contributed by atoms with Gasteiger partial charge in [-0.2, -0.15) is 0 Å². The van der Waals surface area contributed by atoms with Crippen LogP contribution in [0.15, 0.2) is 24.5 Å². The maximum atomic E-state index is 12.8. The van der Waals surface area contributed by atoms with E-state index in [-0.39, 0.29) is 12.5 Å². The average Bonchev–Trinajstić information content (AvgIpc) is 2.38. The second kappa shape index (κ2) is 8.12. The molecule has 1 aromatic rings. The van der Waals surface area contributed by atoms with Crippen LogP contribution in [-0.4, -0.2) is 36.6 Å². The van der Waals surface area contributed by atoms with Crippen molar-refractivity contribution in [3.8, 4) is 0 Å². The third-order valence-corrected chi connectivity index (χ3v) is 4.45. The quantitative estimate of drug-likeness (QED) is 0.561. The Morgan fingerprint density at radius 2 is 1.95 bits per heavy atom. The van der Waals surface area contributed by atoms with Crippen LogP contribution in [0, 0.1) is 0 Å². The molecule has 0 amide bonds. The molecule has 0 spiro atoms. The fourth-order valence-electron chi connectivity index (χ4n) is 1.62. The molecule has 0 aromatic carbocycles. The summed E-state index contributed by atoms with van der Waals surface area (Å²) in [5.41, 5.74) is 0.627. The number of rotatable bonds is 8. The normalized spacial score (nSPS) is 15.3. The second-order valence-corrected chi connectivity index (χ2v) is 7.06. The van der Waals surface area contributed by atoms with Crippen LogP contribution in [0.2, 0.25) is 0 Å². The lowest BCUT2D eigenvalue weighted by atomic mass is 10.4. The molecular weight excluding hydrogens is 293 g/mol. The molecule has 7 nitrogen and oxygen atoms in total. The molecule has 0 aliphatic carbocycles. The van der Waals surface area contributed by atoms with Crippen LogP contribution >= 0.6 is 7.44 Å². The van der Waals surface area contributed by atoms with Gasteiger partial charge in [0.2, 0.25) is 0 Å². The predicted molar refractivity (Wildman–Crippen MR) is 81.2 cm³/mol. The van der Waals surface area contributed by atoms with Crippen molar-refractivity contribution in [1.82, 2.24) is 10.1 Å². The molecule has 118 valence electrons. The summed E-state index contributed by atoms with van der Waals surface area (Å²) in [6.07, 6.45) is 2.87. The Morgan fingerprint density at radius 3 is 2.48 bits per heavy atom. The largest absolute Gasteiger partial charge is 0.462 e. The highest BCUT2D eigenvalue weighted by atomic mass is 31.2. The highest BCUT2D eigenvalue weighted by molar-refractivity contribution is 7.63. The van der Waals surface area contributed by atoms with Gasteiger partial charge < -0.3 is 14.6 Å². The van der Waals surface area contributed by atoms with E-state index < -0.39 is 19.5 Å². The number of nitrogens with zero attached hydrogens (tertiary/aromatic N) is 1. The minimum Gasteiger partial charge on any atom is -0.462 e. The maximum absolute atomic E-state index is 12.8. The van der Waals surface area contributed by atoms with Gasteiger partial charge in [0.1, 0.15) is 12.4 Å². The van der Waals surface area contributed by atoms with Gasteiger partial charge in [-0.15, -0.1) is 0 Å². The number of ether oxygens (including phenoxy) is 2. The highest BCUT2D eigenvalue weighted by Gasteiger charge is 2.28. The molecule has 0 radical (unpaired) electrons. The van der Waals surface area contributed by atoms with Crippen molar-refractivity contribution in [2.24, 2.45) is 0 Å². The number of methoxy groups -OCH3 is 1. The lowest BCUT2D eigenvalue weighted by Gasteiger charge is -2.24. The van der Waals surface area contributed by atoms with Crippen molar-refractivity contribution in [2.75, 3.05) is 18.5 Å². The first-order valence-electron chi connectivity index (χ1n) is 6.61. The Labute approximate surface area is 124 Å². The monoisotopic (exact) mass is 315 g/mol. The molecule has 0 aliphatic heterocycles. The molecule has 2 atom stereocenters. The number of anilines is 1. The molecule has 2 N–H and O–H groups in total. The molecule has 1 heterocycles. The molecule has 0 bridgehead atoms. The van der Waals surface area contributed by atoms with Gasteiger partial charge in [-0.05, 0) is 32.9 Å². The first kappa shape index (κ1) is 17.6. The van der Waals surface area contributed by atoms with Crippen molar-refractivity contribution in [3.63, 3.8) is 0 Å². The maximum Gasteiger partial charge on any atom is 0.323 e. The first-order valence-corrected chi connectivity index (χ1v) is 8.50. The zero-order valence-corrected chi connectivity index (χ0v) is 13.6. The van der Waals surface area contributed by atoms with Crippen molar-refractivity contribution in [1.29, 1.82) is 0 Å². The number of aromatic nitrogens is 1. The Balaban J connectivity index is 2.76. The Hall–Kier alpha value is -1.43. The van der Waals surface area contributed by atoms with Gasteiger partial charge in [-0.3, -0.25) is 14.3 Å². The molecule has 0 saturated carbocycles. The van der Waals surface area contributed by atoms with Gasteiger partial charge in [0.15, 0.2) is 0 Å². The summed E-state index contributed by atoms with van der Waals surface area (Å²) in [6, 6.07) is 2.64. The smallest absolute Gasteiger partial charge is 0.323 e. The zero-order chi connectivity index (χ0) is 15.9. The Kier molecular flexibility index (Phi) is 6.81. The van der Waals surface area contributed by atoms with E-state index >= 15 is 0 Å².